The molecule has 1 aliphatic heterocycles. The number of benzene rings is 1. The number of hydrogen-bond acceptors (Lipinski definition) is 4. The topological polar surface area (TPSA) is 45.5 Å². The van der Waals surface area contributed by atoms with E-state index in [1.807, 2.05) is 30.3 Å². The Kier molecular flexibility index (Phi) is 5.06. The van der Waals surface area contributed by atoms with Crippen LogP contribution in [0.25, 0.3) is 11.0 Å². The van der Waals surface area contributed by atoms with Crippen molar-refractivity contribution in [2.24, 2.45) is 0 Å². The van der Waals surface area contributed by atoms with Gasteiger partial charge < -0.3 is 18.8 Å². The van der Waals surface area contributed by atoms with Crippen molar-refractivity contribution in [3.8, 4) is 5.75 Å². The van der Waals surface area contributed by atoms with Gasteiger partial charge in [0.1, 0.15) is 17.5 Å². The van der Waals surface area contributed by atoms with Crippen molar-refractivity contribution in [1.82, 2.24) is 9.55 Å². The van der Waals surface area contributed by atoms with Crippen molar-refractivity contribution in [3.63, 3.8) is 0 Å². The summed E-state index contributed by atoms with van der Waals surface area (Å²) in [6.45, 7) is 9.00. The average Bonchev–Trinajstić information content (AvgIpc) is 3.33. The van der Waals surface area contributed by atoms with Gasteiger partial charge >= 0.3 is 0 Å². The van der Waals surface area contributed by atoms with Gasteiger partial charge in [-0.1, -0.05) is 36.4 Å². The predicted octanol–water partition coefficient (Wildman–Crippen LogP) is 4.67. The molecule has 3 aromatic rings. The summed E-state index contributed by atoms with van der Waals surface area (Å²) < 4.78 is 19.6. The molecule has 5 nitrogen and oxygen atoms in total. The van der Waals surface area contributed by atoms with E-state index in [2.05, 4.69) is 42.1 Å². The summed E-state index contributed by atoms with van der Waals surface area (Å²) in [5.74, 6) is 1.48. The second-order valence-corrected chi connectivity index (χ2v) is 6.86. The van der Waals surface area contributed by atoms with Crippen LogP contribution in [0.1, 0.15) is 16.8 Å². The molecule has 0 bridgehead atoms. The normalized spacial score (nSPS) is 14.3. The lowest BCUT2D eigenvalue weighted by molar-refractivity contribution is 0.0559. The molecule has 0 spiro atoms. The number of aryl methyl sites for hydroxylation is 1. The number of fused-ring (bicyclic) bond motifs is 1. The SMILES string of the molecule is C=CCn1c(C)c(C)c2nccc(OC(Cc3ccccc3)C3=COCO3)c21. The van der Waals surface area contributed by atoms with E-state index in [1.165, 1.54) is 5.56 Å². The molecule has 1 atom stereocenters. The predicted molar refractivity (Wildman–Crippen MR) is 109 cm³/mol. The molecule has 1 aromatic carbocycles. The first kappa shape index (κ1) is 18.2. The summed E-state index contributed by atoms with van der Waals surface area (Å²) in [4.78, 5) is 4.59. The monoisotopic (exact) mass is 376 g/mol. The number of pyridine rings is 1. The number of rotatable bonds is 7. The third kappa shape index (κ3) is 3.36. The maximum absolute atomic E-state index is 6.50. The Morgan fingerprint density at radius 1 is 1.25 bits per heavy atom. The second kappa shape index (κ2) is 7.80. The first-order valence-corrected chi connectivity index (χ1v) is 9.39. The molecule has 4 rings (SSSR count). The van der Waals surface area contributed by atoms with E-state index in [4.69, 9.17) is 14.2 Å². The zero-order chi connectivity index (χ0) is 19.5. The Bertz CT molecular complexity index is 1020. The fourth-order valence-electron chi connectivity index (χ4n) is 3.57. The van der Waals surface area contributed by atoms with E-state index in [9.17, 15) is 0 Å². The summed E-state index contributed by atoms with van der Waals surface area (Å²) >= 11 is 0. The van der Waals surface area contributed by atoms with Crippen LogP contribution in [0.2, 0.25) is 0 Å². The smallest absolute Gasteiger partial charge is 0.230 e. The maximum Gasteiger partial charge on any atom is 0.230 e. The number of nitrogens with zero attached hydrogens (tertiary/aromatic N) is 2. The molecule has 3 heterocycles. The molecule has 0 radical (unpaired) electrons. The second-order valence-electron chi connectivity index (χ2n) is 6.86. The van der Waals surface area contributed by atoms with E-state index in [-0.39, 0.29) is 12.9 Å². The highest BCUT2D eigenvalue weighted by Gasteiger charge is 2.25. The van der Waals surface area contributed by atoms with Gasteiger partial charge in [-0.25, -0.2) is 0 Å². The third-order valence-electron chi connectivity index (χ3n) is 5.12. The lowest BCUT2D eigenvalue weighted by Gasteiger charge is -2.20. The first-order chi connectivity index (χ1) is 13.7. The Morgan fingerprint density at radius 2 is 2.07 bits per heavy atom. The fraction of sp³-hybridized carbons (Fsp3) is 0.261. The molecule has 0 N–H and O–H groups in total. The molecule has 0 amide bonds. The van der Waals surface area contributed by atoms with Gasteiger partial charge in [0.15, 0.2) is 11.9 Å². The molecule has 0 fully saturated rings. The molecule has 0 saturated heterocycles. The molecule has 28 heavy (non-hydrogen) atoms. The van der Waals surface area contributed by atoms with Gasteiger partial charge in [0.25, 0.3) is 0 Å². The van der Waals surface area contributed by atoms with Gasteiger partial charge in [-0.05, 0) is 25.0 Å². The molecular formula is C23H24N2O3. The van der Waals surface area contributed by atoms with E-state index in [0.717, 1.165) is 28.0 Å². The van der Waals surface area contributed by atoms with Crippen LogP contribution < -0.4 is 4.74 Å². The molecule has 0 saturated carbocycles. The summed E-state index contributed by atoms with van der Waals surface area (Å²) in [5.41, 5.74) is 5.42. The standard InChI is InChI=1S/C23H24N2O3/c1-4-12-25-17(3)16(2)22-23(25)19(10-11-24-22)28-20(21-14-26-15-27-21)13-18-8-6-5-7-9-18/h4-11,14,20H,1,12-13,15H2,2-3H3. The maximum atomic E-state index is 6.50. The zero-order valence-corrected chi connectivity index (χ0v) is 16.2. The van der Waals surface area contributed by atoms with Crippen LogP contribution in [0, 0.1) is 13.8 Å². The Hall–Kier alpha value is -3.21. The molecule has 0 aliphatic carbocycles. The lowest BCUT2D eigenvalue weighted by atomic mass is 10.1. The lowest BCUT2D eigenvalue weighted by Crippen LogP contribution is -2.23. The Balaban J connectivity index is 1.75. The van der Waals surface area contributed by atoms with Crippen LogP contribution >= 0.6 is 0 Å². The highest BCUT2D eigenvalue weighted by atomic mass is 16.7. The molecule has 5 heteroatoms. The van der Waals surface area contributed by atoms with Gasteiger partial charge in [-0.15, -0.1) is 6.58 Å². The van der Waals surface area contributed by atoms with E-state index >= 15 is 0 Å². The third-order valence-corrected chi connectivity index (χ3v) is 5.12. The van der Waals surface area contributed by atoms with E-state index in [0.29, 0.717) is 18.7 Å². The van der Waals surface area contributed by atoms with Gasteiger partial charge in [0.2, 0.25) is 6.79 Å². The van der Waals surface area contributed by atoms with Gasteiger partial charge in [-0.2, -0.15) is 0 Å². The van der Waals surface area contributed by atoms with Crippen LogP contribution in [0.5, 0.6) is 5.75 Å². The van der Waals surface area contributed by atoms with Crippen LogP contribution in [0.15, 0.2) is 67.3 Å². The zero-order valence-electron chi connectivity index (χ0n) is 16.2. The van der Waals surface area contributed by atoms with Gasteiger partial charge in [-0.3, -0.25) is 4.98 Å². The van der Waals surface area contributed by atoms with Crippen molar-refractivity contribution in [1.29, 1.82) is 0 Å². The Morgan fingerprint density at radius 3 is 2.79 bits per heavy atom. The summed E-state index contributed by atoms with van der Waals surface area (Å²) in [5, 5.41) is 0. The molecule has 2 aromatic heterocycles. The van der Waals surface area contributed by atoms with Crippen molar-refractivity contribution in [2.45, 2.75) is 32.9 Å². The van der Waals surface area contributed by atoms with Crippen molar-refractivity contribution in [2.75, 3.05) is 6.79 Å². The molecule has 1 unspecified atom stereocenters. The number of allylic oxidation sites excluding steroid dienone is 1. The molecule has 144 valence electrons. The number of hydrogen-bond donors (Lipinski definition) is 0. The minimum Gasteiger partial charge on any atom is -0.480 e. The van der Waals surface area contributed by atoms with E-state index in [1.54, 1.807) is 12.5 Å². The average molecular weight is 376 g/mol. The first-order valence-electron chi connectivity index (χ1n) is 9.39. The molecular weight excluding hydrogens is 352 g/mol. The number of ether oxygens (including phenoxy) is 3. The summed E-state index contributed by atoms with van der Waals surface area (Å²) in [7, 11) is 0. The van der Waals surface area contributed by atoms with Crippen LogP contribution in [-0.2, 0) is 22.4 Å². The fourth-order valence-corrected chi connectivity index (χ4v) is 3.57. The van der Waals surface area contributed by atoms with Gasteiger partial charge in [0, 0.05) is 30.9 Å². The largest absolute Gasteiger partial charge is 0.480 e. The van der Waals surface area contributed by atoms with E-state index < -0.39 is 0 Å². The number of aromatic nitrogens is 2. The minimum absolute atomic E-state index is 0.223. The highest BCUT2D eigenvalue weighted by molar-refractivity contribution is 5.86. The quantitative estimate of drug-likeness (QED) is 0.562. The van der Waals surface area contributed by atoms with Crippen molar-refractivity contribution in [3.05, 3.63) is 84.1 Å². The van der Waals surface area contributed by atoms with Crippen LogP contribution in [-0.4, -0.2) is 22.4 Å². The van der Waals surface area contributed by atoms with Crippen molar-refractivity contribution >= 4 is 11.0 Å². The van der Waals surface area contributed by atoms with Crippen LogP contribution in [0.4, 0.5) is 0 Å². The summed E-state index contributed by atoms with van der Waals surface area (Å²) in [6, 6.07) is 12.1. The molecule has 1 aliphatic rings. The van der Waals surface area contributed by atoms with Gasteiger partial charge in [0.05, 0.1) is 5.52 Å². The highest BCUT2D eigenvalue weighted by Crippen LogP contribution is 2.33. The van der Waals surface area contributed by atoms with Crippen LogP contribution in [0.3, 0.4) is 0 Å². The Labute approximate surface area is 164 Å². The van der Waals surface area contributed by atoms with Crippen molar-refractivity contribution < 1.29 is 14.2 Å². The minimum atomic E-state index is -0.289. The summed E-state index contributed by atoms with van der Waals surface area (Å²) in [6.07, 6.45) is 5.72.